The van der Waals surface area contributed by atoms with Crippen molar-refractivity contribution >= 4 is 5.91 Å². The predicted octanol–water partition coefficient (Wildman–Crippen LogP) is 4.43. The number of aliphatic hydroxyl groups is 1. The van der Waals surface area contributed by atoms with Gasteiger partial charge in [0, 0.05) is 6.54 Å². The van der Waals surface area contributed by atoms with Gasteiger partial charge >= 0.3 is 0 Å². The van der Waals surface area contributed by atoms with Gasteiger partial charge in [-0.3, -0.25) is 4.79 Å². The van der Waals surface area contributed by atoms with Crippen LogP contribution in [0.5, 0.6) is 0 Å². The fourth-order valence-corrected chi connectivity index (χ4v) is 2.43. The Balaban J connectivity index is 3.11. The minimum atomic E-state index is -0.276. The van der Waals surface area contributed by atoms with Gasteiger partial charge in [0.15, 0.2) is 0 Å². The molecule has 0 spiro atoms. The molecule has 126 valence electrons. The van der Waals surface area contributed by atoms with Crippen LogP contribution in [0.4, 0.5) is 0 Å². The molecule has 1 amide bonds. The van der Waals surface area contributed by atoms with Gasteiger partial charge in [-0.25, -0.2) is 0 Å². The molecule has 0 unspecified atom stereocenters. The zero-order valence-corrected chi connectivity index (χ0v) is 14.3. The number of aliphatic hydroxyl groups excluding tert-OH is 1. The molecule has 0 bridgehead atoms. The van der Waals surface area contributed by atoms with E-state index in [4.69, 9.17) is 5.11 Å². The van der Waals surface area contributed by atoms with E-state index in [-0.39, 0.29) is 18.4 Å². The van der Waals surface area contributed by atoms with Gasteiger partial charge in [-0.05, 0) is 6.42 Å². The van der Waals surface area contributed by atoms with Crippen LogP contribution in [0.2, 0.25) is 0 Å². The van der Waals surface area contributed by atoms with Crippen LogP contribution < -0.4 is 5.32 Å². The van der Waals surface area contributed by atoms with Gasteiger partial charge in [-0.2, -0.15) is 0 Å². The first-order valence-corrected chi connectivity index (χ1v) is 9.11. The summed E-state index contributed by atoms with van der Waals surface area (Å²) in [6.07, 6.45) is 16.0. The summed E-state index contributed by atoms with van der Waals surface area (Å²) in [7, 11) is 0. The van der Waals surface area contributed by atoms with Crippen molar-refractivity contribution in [3.05, 3.63) is 0 Å². The molecule has 0 saturated carbocycles. The van der Waals surface area contributed by atoms with E-state index in [1.165, 1.54) is 70.6 Å². The van der Waals surface area contributed by atoms with E-state index in [2.05, 4.69) is 12.2 Å². The average molecular weight is 299 g/mol. The van der Waals surface area contributed by atoms with Crippen molar-refractivity contribution in [2.24, 2.45) is 5.92 Å². The number of rotatable bonds is 15. The normalized spacial score (nSPS) is 12.3. The highest BCUT2D eigenvalue weighted by Crippen LogP contribution is 2.11. The second kappa shape index (κ2) is 15.8. The fourth-order valence-electron chi connectivity index (χ4n) is 2.43. The highest BCUT2D eigenvalue weighted by atomic mass is 16.3. The van der Waals surface area contributed by atoms with E-state index in [1.54, 1.807) is 6.92 Å². The van der Waals surface area contributed by atoms with E-state index in [9.17, 15) is 4.79 Å². The lowest BCUT2D eigenvalue weighted by Gasteiger charge is -2.09. The van der Waals surface area contributed by atoms with Crippen LogP contribution in [0, 0.1) is 5.92 Å². The maximum absolute atomic E-state index is 11.4. The Kier molecular flexibility index (Phi) is 15.4. The summed E-state index contributed by atoms with van der Waals surface area (Å²) in [5.74, 6) is -0.303. The number of unbranched alkanes of at least 4 members (excludes halogenated alkanes) is 11. The number of carbonyl (C=O) groups excluding carboxylic acids is 1. The summed E-state index contributed by atoms with van der Waals surface area (Å²) in [6, 6.07) is 0. The molecule has 0 fully saturated rings. The molecule has 0 aromatic rings. The van der Waals surface area contributed by atoms with Crippen molar-refractivity contribution in [1.82, 2.24) is 5.32 Å². The third kappa shape index (κ3) is 14.1. The van der Waals surface area contributed by atoms with Gasteiger partial charge < -0.3 is 10.4 Å². The fraction of sp³-hybridized carbons (Fsp3) is 0.944. The Labute approximate surface area is 131 Å². The minimum Gasteiger partial charge on any atom is -0.396 e. The molecule has 3 heteroatoms. The zero-order valence-electron chi connectivity index (χ0n) is 14.3. The smallest absolute Gasteiger partial charge is 0.225 e. The number of hydrogen-bond donors (Lipinski definition) is 2. The molecular formula is C18H37NO2. The quantitative estimate of drug-likeness (QED) is 0.439. The molecule has 0 aromatic heterocycles. The summed E-state index contributed by atoms with van der Waals surface area (Å²) >= 11 is 0. The van der Waals surface area contributed by atoms with Crippen LogP contribution in [-0.2, 0) is 4.79 Å². The first-order valence-electron chi connectivity index (χ1n) is 9.11. The van der Waals surface area contributed by atoms with Crippen LogP contribution in [0.15, 0.2) is 0 Å². The van der Waals surface area contributed by atoms with Gasteiger partial charge in [-0.15, -0.1) is 0 Å². The molecule has 2 N–H and O–H groups in total. The summed E-state index contributed by atoms with van der Waals surface area (Å²) in [4.78, 5) is 11.4. The monoisotopic (exact) mass is 299 g/mol. The highest BCUT2D eigenvalue weighted by molar-refractivity contribution is 5.78. The molecule has 0 heterocycles. The maximum Gasteiger partial charge on any atom is 0.225 e. The molecule has 0 radical (unpaired) electrons. The Morgan fingerprint density at radius 3 is 1.71 bits per heavy atom. The molecule has 0 aromatic carbocycles. The molecule has 21 heavy (non-hydrogen) atoms. The van der Waals surface area contributed by atoms with Crippen LogP contribution >= 0.6 is 0 Å². The molecule has 0 aliphatic rings. The maximum atomic E-state index is 11.4. The number of carbonyl (C=O) groups is 1. The van der Waals surface area contributed by atoms with E-state index >= 15 is 0 Å². The molecule has 3 nitrogen and oxygen atoms in total. The standard InChI is InChI=1S/C18H37NO2/c1-3-4-5-6-7-8-9-10-11-12-13-14-15-19-18(21)17(2)16-20/h17,20H,3-16H2,1-2H3,(H,19,21)/t17-/m0/s1. The molecular weight excluding hydrogens is 262 g/mol. The highest BCUT2D eigenvalue weighted by Gasteiger charge is 2.09. The van der Waals surface area contributed by atoms with Crippen molar-refractivity contribution in [2.45, 2.75) is 90.9 Å². The molecule has 0 rings (SSSR count). The summed E-state index contributed by atoms with van der Waals surface area (Å²) in [5, 5.41) is 11.7. The van der Waals surface area contributed by atoms with Crippen LogP contribution in [0.25, 0.3) is 0 Å². The molecule has 1 atom stereocenters. The topological polar surface area (TPSA) is 49.3 Å². The van der Waals surface area contributed by atoms with Crippen molar-refractivity contribution in [3.8, 4) is 0 Å². The summed E-state index contributed by atoms with van der Waals surface area (Å²) < 4.78 is 0. The van der Waals surface area contributed by atoms with Gasteiger partial charge in [0.05, 0.1) is 12.5 Å². The Bertz CT molecular complexity index is 231. The average Bonchev–Trinajstić information content (AvgIpc) is 2.50. The van der Waals surface area contributed by atoms with E-state index in [0.29, 0.717) is 0 Å². The number of amides is 1. The second-order valence-electron chi connectivity index (χ2n) is 6.26. The number of nitrogens with one attached hydrogen (secondary N) is 1. The van der Waals surface area contributed by atoms with Crippen molar-refractivity contribution < 1.29 is 9.90 Å². The summed E-state index contributed by atoms with van der Waals surface area (Å²) in [5.41, 5.74) is 0. The van der Waals surface area contributed by atoms with Crippen molar-refractivity contribution in [3.63, 3.8) is 0 Å². The molecule has 0 aliphatic carbocycles. The Morgan fingerprint density at radius 2 is 1.29 bits per heavy atom. The van der Waals surface area contributed by atoms with Gasteiger partial charge in [0.25, 0.3) is 0 Å². The van der Waals surface area contributed by atoms with Gasteiger partial charge in [0.1, 0.15) is 0 Å². The lowest BCUT2D eigenvalue weighted by atomic mass is 10.1. The minimum absolute atomic E-state index is 0.0272. The van der Waals surface area contributed by atoms with Crippen molar-refractivity contribution in [1.29, 1.82) is 0 Å². The SMILES string of the molecule is CCCCCCCCCCCCCCNC(=O)[C@@H](C)CO. The first-order chi connectivity index (χ1) is 10.2. The third-order valence-electron chi connectivity index (χ3n) is 4.05. The van der Waals surface area contributed by atoms with Gasteiger partial charge in [-0.1, -0.05) is 84.5 Å². The van der Waals surface area contributed by atoms with Crippen molar-refractivity contribution in [2.75, 3.05) is 13.2 Å². The first kappa shape index (κ1) is 20.4. The Hall–Kier alpha value is -0.570. The summed E-state index contributed by atoms with van der Waals surface area (Å²) in [6.45, 7) is 4.70. The Morgan fingerprint density at radius 1 is 0.857 bits per heavy atom. The predicted molar refractivity (Wildman–Crippen MR) is 90.3 cm³/mol. The van der Waals surface area contributed by atoms with Gasteiger partial charge in [0.2, 0.25) is 5.91 Å². The number of hydrogen-bond acceptors (Lipinski definition) is 2. The zero-order chi connectivity index (χ0) is 15.8. The second-order valence-corrected chi connectivity index (χ2v) is 6.26. The van der Waals surface area contributed by atoms with E-state index < -0.39 is 0 Å². The van der Waals surface area contributed by atoms with Crippen LogP contribution in [-0.4, -0.2) is 24.2 Å². The largest absolute Gasteiger partial charge is 0.396 e. The molecule has 0 saturated heterocycles. The van der Waals surface area contributed by atoms with Crippen LogP contribution in [0.3, 0.4) is 0 Å². The van der Waals surface area contributed by atoms with E-state index in [0.717, 1.165) is 13.0 Å². The third-order valence-corrected chi connectivity index (χ3v) is 4.05. The van der Waals surface area contributed by atoms with Crippen LogP contribution in [0.1, 0.15) is 90.9 Å². The van der Waals surface area contributed by atoms with E-state index in [1.807, 2.05) is 0 Å². The molecule has 0 aliphatic heterocycles. The lowest BCUT2D eigenvalue weighted by Crippen LogP contribution is -2.31. The lowest BCUT2D eigenvalue weighted by molar-refractivity contribution is -0.125.